The zero-order chi connectivity index (χ0) is 15.4. The number of pyridine rings is 1. The number of rotatable bonds is 6. The number of fused-ring (bicyclic) bond motifs is 1. The first-order valence-corrected chi connectivity index (χ1v) is 7.63. The van der Waals surface area contributed by atoms with Gasteiger partial charge in [0.1, 0.15) is 11.4 Å². The lowest BCUT2D eigenvalue weighted by Crippen LogP contribution is -2.00. The quantitative estimate of drug-likeness (QED) is 0.752. The number of benzene rings is 1. The van der Waals surface area contributed by atoms with E-state index in [-0.39, 0.29) is 0 Å². The Balaban J connectivity index is 1.82. The largest absolute Gasteiger partial charge is 0.497 e. The Hall–Kier alpha value is -2.49. The van der Waals surface area contributed by atoms with Gasteiger partial charge in [-0.1, -0.05) is 19.1 Å². The van der Waals surface area contributed by atoms with Gasteiger partial charge in [0.25, 0.3) is 0 Å². The summed E-state index contributed by atoms with van der Waals surface area (Å²) >= 11 is 0. The standard InChI is InChI=1S/C18H21N3O/c1-3-9-19-15-7-8-18-20-16(13-21(18)12-15)10-14-5-4-6-17(11-14)22-2/h4-8,11-13,19H,3,9-10H2,1-2H3. The Morgan fingerprint density at radius 2 is 2.09 bits per heavy atom. The van der Waals surface area contributed by atoms with E-state index in [1.807, 2.05) is 18.2 Å². The second-order valence-corrected chi connectivity index (χ2v) is 5.37. The number of hydrogen-bond donors (Lipinski definition) is 1. The van der Waals surface area contributed by atoms with Crippen LogP contribution in [0.3, 0.4) is 0 Å². The molecule has 0 saturated heterocycles. The molecule has 0 amide bonds. The van der Waals surface area contributed by atoms with Crippen LogP contribution in [0.4, 0.5) is 5.69 Å². The molecule has 3 rings (SSSR count). The molecule has 1 N–H and O–H groups in total. The molecule has 0 bridgehead atoms. The van der Waals surface area contributed by atoms with Gasteiger partial charge < -0.3 is 14.5 Å². The molecule has 3 aromatic rings. The first-order chi connectivity index (χ1) is 10.8. The molecule has 1 aromatic carbocycles. The highest BCUT2D eigenvalue weighted by Gasteiger charge is 2.04. The summed E-state index contributed by atoms with van der Waals surface area (Å²) in [6, 6.07) is 12.2. The summed E-state index contributed by atoms with van der Waals surface area (Å²) in [6.07, 6.45) is 6.10. The van der Waals surface area contributed by atoms with Crippen LogP contribution < -0.4 is 10.1 Å². The van der Waals surface area contributed by atoms with Crippen LogP contribution in [0.5, 0.6) is 5.75 Å². The van der Waals surface area contributed by atoms with Crippen LogP contribution in [-0.2, 0) is 6.42 Å². The smallest absolute Gasteiger partial charge is 0.137 e. The number of nitrogens with one attached hydrogen (secondary N) is 1. The highest BCUT2D eigenvalue weighted by molar-refractivity contribution is 5.51. The Morgan fingerprint density at radius 3 is 2.91 bits per heavy atom. The molecular formula is C18H21N3O. The molecule has 0 aliphatic rings. The van der Waals surface area contributed by atoms with Crippen molar-refractivity contribution >= 4 is 11.3 Å². The number of methoxy groups -OCH3 is 1. The van der Waals surface area contributed by atoms with Gasteiger partial charge in [-0.25, -0.2) is 4.98 Å². The van der Waals surface area contributed by atoms with Crippen molar-refractivity contribution in [3.05, 3.63) is 60.0 Å². The lowest BCUT2D eigenvalue weighted by Gasteiger charge is -2.04. The predicted molar refractivity (Wildman–Crippen MR) is 89.8 cm³/mol. The highest BCUT2D eigenvalue weighted by Crippen LogP contribution is 2.17. The van der Waals surface area contributed by atoms with Crippen molar-refractivity contribution in [2.75, 3.05) is 19.0 Å². The fourth-order valence-electron chi connectivity index (χ4n) is 2.49. The van der Waals surface area contributed by atoms with Crippen molar-refractivity contribution in [1.29, 1.82) is 0 Å². The van der Waals surface area contributed by atoms with Crippen molar-refractivity contribution in [2.45, 2.75) is 19.8 Å². The van der Waals surface area contributed by atoms with Gasteiger partial charge in [-0.05, 0) is 36.2 Å². The van der Waals surface area contributed by atoms with Gasteiger partial charge in [-0.2, -0.15) is 0 Å². The van der Waals surface area contributed by atoms with Gasteiger partial charge in [0.15, 0.2) is 0 Å². The SMILES string of the molecule is CCCNc1ccc2nc(Cc3cccc(OC)c3)cn2c1. The molecule has 0 atom stereocenters. The Bertz CT molecular complexity index is 764. The van der Waals surface area contributed by atoms with Crippen LogP contribution in [0.1, 0.15) is 24.6 Å². The third-order valence-corrected chi connectivity index (χ3v) is 3.60. The van der Waals surface area contributed by atoms with Crippen LogP contribution in [0.15, 0.2) is 48.8 Å². The molecule has 0 spiro atoms. The maximum Gasteiger partial charge on any atom is 0.137 e. The van der Waals surface area contributed by atoms with Gasteiger partial charge in [-0.15, -0.1) is 0 Å². The third-order valence-electron chi connectivity index (χ3n) is 3.60. The van der Waals surface area contributed by atoms with Crippen molar-refractivity contribution in [3.8, 4) is 5.75 Å². The van der Waals surface area contributed by atoms with E-state index in [1.165, 1.54) is 5.56 Å². The summed E-state index contributed by atoms with van der Waals surface area (Å²) < 4.78 is 7.35. The van der Waals surface area contributed by atoms with Gasteiger partial charge in [-0.3, -0.25) is 0 Å². The molecule has 22 heavy (non-hydrogen) atoms. The Morgan fingerprint density at radius 1 is 1.18 bits per heavy atom. The van der Waals surface area contributed by atoms with Crippen molar-refractivity contribution in [1.82, 2.24) is 9.38 Å². The summed E-state index contributed by atoms with van der Waals surface area (Å²) in [5.41, 5.74) is 4.35. The third kappa shape index (κ3) is 3.22. The van der Waals surface area contributed by atoms with Crippen LogP contribution in [0.2, 0.25) is 0 Å². The maximum atomic E-state index is 5.27. The van der Waals surface area contributed by atoms with E-state index in [0.717, 1.165) is 42.2 Å². The number of nitrogens with zero attached hydrogens (tertiary/aromatic N) is 2. The first-order valence-electron chi connectivity index (χ1n) is 7.63. The van der Waals surface area contributed by atoms with E-state index in [4.69, 9.17) is 4.74 Å². The van der Waals surface area contributed by atoms with E-state index in [0.29, 0.717) is 0 Å². The summed E-state index contributed by atoms with van der Waals surface area (Å²) in [5, 5.41) is 3.40. The van der Waals surface area contributed by atoms with Crippen molar-refractivity contribution < 1.29 is 4.74 Å². The number of ether oxygens (including phenoxy) is 1. The van der Waals surface area contributed by atoms with E-state index in [9.17, 15) is 0 Å². The number of anilines is 1. The van der Waals surface area contributed by atoms with Gasteiger partial charge in [0.2, 0.25) is 0 Å². The monoisotopic (exact) mass is 295 g/mol. The van der Waals surface area contributed by atoms with E-state index < -0.39 is 0 Å². The molecule has 0 aliphatic heterocycles. The van der Waals surface area contributed by atoms with Gasteiger partial charge >= 0.3 is 0 Å². The molecule has 114 valence electrons. The average Bonchev–Trinajstić information content (AvgIpc) is 2.94. The minimum atomic E-state index is 0.802. The summed E-state index contributed by atoms with van der Waals surface area (Å²) in [4.78, 5) is 4.68. The van der Waals surface area contributed by atoms with E-state index in [2.05, 4.69) is 52.2 Å². The number of imidazole rings is 1. The summed E-state index contributed by atoms with van der Waals surface area (Å²) in [5.74, 6) is 0.882. The van der Waals surface area contributed by atoms with Crippen LogP contribution in [0, 0.1) is 0 Å². The Labute approximate surface area is 130 Å². The highest BCUT2D eigenvalue weighted by atomic mass is 16.5. The lowest BCUT2D eigenvalue weighted by atomic mass is 10.1. The molecule has 0 saturated carbocycles. The van der Waals surface area contributed by atoms with Crippen molar-refractivity contribution in [3.63, 3.8) is 0 Å². The maximum absolute atomic E-state index is 5.27. The first kappa shape index (κ1) is 14.4. The zero-order valence-corrected chi connectivity index (χ0v) is 13.0. The molecule has 0 aliphatic carbocycles. The zero-order valence-electron chi connectivity index (χ0n) is 13.0. The minimum Gasteiger partial charge on any atom is -0.497 e. The minimum absolute atomic E-state index is 0.802. The summed E-state index contributed by atoms with van der Waals surface area (Å²) in [7, 11) is 1.69. The second-order valence-electron chi connectivity index (χ2n) is 5.37. The molecule has 0 unspecified atom stereocenters. The van der Waals surface area contributed by atoms with Crippen LogP contribution >= 0.6 is 0 Å². The second kappa shape index (κ2) is 6.52. The molecule has 2 heterocycles. The average molecular weight is 295 g/mol. The van der Waals surface area contributed by atoms with Gasteiger partial charge in [0.05, 0.1) is 18.5 Å². The molecule has 0 fully saturated rings. The molecule has 2 aromatic heterocycles. The molecule has 0 radical (unpaired) electrons. The van der Waals surface area contributed by atoms with Gasteiger partial charge in [0, 0.05) is 25.4 Å². The molecule has 4 heteroatoms. The number of hydrogen-bond acceptors (Lipinski definition) is 3. The van der Waals surface area contributed by atoms with Crippen molar-refractivity contribution in [2.24, 2.45) is 0 Å². The Kier molecular flexibility index (Phi) is 4.28. The topological polar surface area (TPSA) is 38.6 Å². The fraction of sp³-hybridized carbons (Fsp3) is 0.278. The van der Waals surface area contributed by atoms with E-state index >= 15 is 0 Å². The number of aromatic nitrogens is 2. The normalized spacial score (nSPS) is 10.8. The van der Waals surface area contributed by atoms with E-state index in [1.54, 1.807) is 7.11 Å². The van der Waals surface area contributed by atoms with Crippen LogP contribution in [-0.4, -0.2) is 23.0 Å². The molecular weight excluding hydrogens is 274 g/mol. The summed E-state index contributed by atoms with van der Waals surface area (Å²) in [6.45, 7) is 3.14. The fourth-order valence-corrected chi connectivity index (χ4v) is 2.49. The molecule has 4 nitrogen and oxygen atoms in total. The lowest BCUT2D eigenvalue weighted by molar-refractivity contribution is 0.414. The predicted octanol–water partition coefficient (Wildman–Crippen LogP) is 3.76. The van der Waals surface area contributed by atoms with Crippen LogP contribution in [0.25, 0.3) is 5.65 Å².